The molecule has 5 nitrogen and oxygen atoms in total. The van der Waals surface area contributed by atoms with Crippen LogP contribution < -0.4 is 16.2 Å². The van der Waals surface area contributed by atoms with Gasteiger partial charge < -0.3 is 16.2 Å². The van der Waals surface area contributed by atoms with Crippen LogP contribution in [0.3, 0.4) is 0 Å². The number of nitrogens with zero attached hydrogens (tertiary/aromatic N) is 2. The quantitative estimate of drug-likeness (QED) is 0.504. The van der Waals surface area contributed by atoms with Crippen molar-refractivity contribution in [2.45, 2.75) is 6.61 Å². The molecule has 114 valence electrons. The zero-order valence-corrected chi connectivity index (χ0v) is 12.3. The summed E-state index contributed by atoms with van der Waals surface area (Å²) in [6.45, 7) is 0.251. The number of rotatable bonds is 5. The van der Waals surface area contributed by atoms with E-state index in [0.717, 1.165) is 5.56 Å². The molecule has 0 saturated heterocycles. The van der Waals surface area contributed by atoms with E-state index in [2.05, 4.69) is 10.2 Å². The van der Waals surface area contributed by atoms with Gasteiger partial charge in [0.2, 0.25) is 5.96 Å². The van der Waals surface area contributed by atoms with E-state index >= 15 is 0 Å². The minimum atomic E-state index is -0.377. The summed E-state index contributed by atoms with van der Waals surface area (Å²) in [5.41, 5.74) is 11.8. The summed E-state index contributed by atoms with van der Waals surface area (Å²) in [4.78, 5) is 0. The molecular weight excluding hydrogens is 307 g/mol. The monoisotopic (exact) mass is 320 g/mol. The Morgan fingerprint density at radius 1 is 1.18 bits per heavy atom. The summed E-state index contributed by atoms with van der Waals surface area (Å²) in [6, 6.07) is 11.3. The van der Waals surface area contributed by atoms with Gasteiger partial charge in [-0.05, 0) is 42.0 Å². The van der Waals surface area contributed by atoms with Crippen LogP contribution in [0.5, 0.6) is 5.75 Å². The fraction of sp³-hybridized carbons (Fsp3) is 0.0667. The molecule has 0 spiro atoms. The topological polar surface area (TPSA) is 86.0 Å². The Morgan fingerprint density at radius 3 is 2.55 bits per heavy atom. The van der Waals surface area contributed by atoms with Crippen molar-refractivity contribution in [1.82, 2.24) is 0 Å². The summed E-state index contributed by atoms with van der Waals surface area (Å²) in [5, 5.41) is 7.54. The number of nitrogens with two attached hydrogens (primary N) is 2. The van der Waals surface area contributed by atoms with Crippen LogP contribution >= 0.6 is 11.6 Å². The van der Waals surface area contributed by atoms with Gasteiger partial charge in [0, 0.05) is 5.56 Å². The lowest BCUT2D eigenvalue weighted by atomic mass is 10.2. The third kappa shape index (κ3) is 4.75. The van der Waals surface area contributed by atoms with Crippen molar-refractivity contribution in [1.29, 1.82) is 0 Å². The highest BCUT2D eigenvalue weighted by molar-refractivity contribution is 6.31. The van der Waals surface area contributed by atoms with Crippen molar-refractivity contribution in [2.75, 3.05) is 0 Å². The Balaban J connectivity index is 1.96. The van der Waals surface area contributed by atoms with Crippen LogP contribution in [0.1, 0.15) is 11.1 Å². The number of benzene rings is 2. The minimum absolute atomic E-state index is 0.104. The van der Waals surface area contributed by atoms with Gasteiger partial charge >= 0.3 is 0 Å². The predicted molar refractivity (Wildman–Crippen MR) is 85.6 cm³/mol. The van der Waals surface area contributed by atoms with Gasteiger partial charge in [0.05, 0.1) is 11.2 Å². The highest BCUT2D eigenvalue weighted by atomic mass is 35.5. The van der Waals surface area contributed by atoms with E-state index in [0.29, 0.717) is 16.3 Å². The maximum Gasteiger partial charge on any atom is 0.211 e. The average Bonchev–Trinajstić information content (AvgIpc) is 2.47. The lowest BCUT2D eigenvalue weighted by molar-refractivity contribution is 0.306. The van der Waals surface area contributed by atoms with Gasteiger partial charge in [0.15, 0.2) is 0 Å². The van der Waals surface area contributed by atoms with E-state index in [1.165, 1.54) is 18.3 Å². The molecule has 0 fully saturated rings. The first-order valence-corrected chi connectivity index (χ1v) is 6.71. The summed E-state index contributed by atoms with van der Waals surface area (Å²) < 4.78 is 18.5. The van der Waals surface area contributed by atoms with Gasteiger partial charge in [-0.25, -0.2) is 4.39 Å². The molecule has 0 amide bonds. The molecule has 0 aliphatic carbocycles. The molecule has 0 atom stereocenters. The second-order valence-corrected chi connectivity index (χ2v) is 4.77. The lowest BCUT2D eigenvalue weighted by Crippen LogP contribution is -2.21. The molecule has 0 unspecified atom stereocenters. The molecule has 22 heavy (non-hydrogen) atoms. The fourth-order valence-corrected chi connectivity index (χ4v) is 1.83. The van der Waals surface area contributed by atoms with E-state index < -0.39 is 0 Å². The van der Waals surface area contributed by atoms with Crippen LogP contribution in [0.15, 0.2) is 52.7 Å². The van der Waals surface area contributed by atoms with Crippen molar-refractivity contribution >= 4 is 23.8 Å². The van der Waals surface area contributed by atoms with Crippen LogP contribution in [-0.2, 0) is 6.61 Å². The molecule has 2 rings (SSSR count). The zero-order valence-electron chi connectivity index (χ0n) is 11.5. The van der Waals surface area contributed by atoms with Crippen LogP contribution in [0.4, 0.5) is 4.39 Å². The van der Waals surface area contributed by atoms with Gasteiger partial charge in [-0.3, -0.25) is 0 Å². The molecule has 0 aliphatic rings. The molecule has 0 radical (unpaired) electrons. The third-order valence-corrected chi connectivity index (χ3v) is 3.02. The molecule has 0 aliphatic heterocycles. The highest BCUT2D eigenvalue weighted by Crippen LogP contribution is 2.20. The number of guanidine groups is 1. The first kappa shape index (κ1) is 15.8. The Morgan fingerprint density at radius 2 is 1.91 bits per heavy atom. The zero-order chi connectivity index (χ0) is 15.9. The van der Waals surface area contributed by atoms with Crippen molar-refractivity contribution < 1.29 is 9.13 Å². The summed E-state index contributed by atoms with van der Waals surface area (Å²) in [6.07, 6.45) is 1.51. The maximum absolute atomic E-state index is 12.9. The number of ether oxygens (including phenoxy) is 1. The Labute approximate surface area is 132 Å². The van der Waals surface area contributed by atoms with Crippen LogP contribution in [0, 0.1) is 5.82 Å². The summed E-state index contributed by atoms with van der Waals surface area (Å²) in [5.74, 6) is 0.171. The Kier molecular flexibility index (Phi) is 5.32. The molecular formula is C15H14ClFN4O. The average molecular weight is 321 g/mol. The second kappa shape index (κ2) is 7.42. The van der Waals surface area contributed by atoms with Crippen molar-refractivity contribution in [2.24, 2.45) is 21.7 Å². The van der Waals surface area contributed by atoms with Crippen molar-refractivity contribution in [3.05, 3.63) is 64.4 Å². The smallest absolute Gasteiger partial charge is 0.211 e. The molecule has 2 aromatic carbocycles. The van der Waals surface area contributed by atoms with Gasteiger partial charge in [0.1, 0.15) is 18.2 Å². The molecule has 0 aromatic heterocycles. The Hall–Kier alpha value is -2.60. The number of halogens is 2. The Bertz CT molecular complexity index is 697. The van der Waals surface area contributed by atoms with E-state index in [1.54, 1.807) is 30.3 Å². The predicted octanol–water partition coefficient (Wildman–Crippen LogP) is 2.67. The van der Waals surface area contributed by atoms with E-state index in [9.17, 15) is 4.39 Å². The first-order valence-electron chi connectivity index (χ1n) is 6.33. The van der Waals surface area contributed by atoms with Gasteiger partial charge in [-0.2, -0.15) is 5.10 Å². The first-order chi connectivity index (χ1) is 10.5. The molecule has 2 aromatic rings. The van der Waals surface area contributed by atoms with Crippen LogP contribution in [-0.4, -0.2) is 12.2 Å². The molecule has 0 saturated carbocycles. The second-order valence-electron chi connectivity index (χ2n) is 4.36. The minimum Gasteiger partial charge on any atom is -0.489 e. The normalized spacial score (nSPS) is 10.6. The number of hydrogen-bond donors (Lipinski definition) is 2. The molecule has 0 heterocycles. The molecule has 4 N–H and O–H groups in total. The number of hydrogen-bond acceptors (Lipinski definition) is 3. The summed E-state index contributed by atoms with van der Waals surface area (Å²) >= 11 is 5.93. The van der Waals surface area contributed by atoms with E-state index in [4.69, 9.17) is 27.8 Å². The standard InChI is InChI=1S/C15H14ClFN4O/c16-14-7-12(17)4-3-11(14)9-22-13-5-1-10(2-6-13)8-20-21-15(18)19/h1-8H,9H2,(H4,18,19,21). The van der Waals surface area contributed by atoms with E-state index in [1.807, 2.05) is 0 Å². The molecule has 7 heteroatoms. The van der Waals surface area contributed by atoms with Gasteiger partial charge in [0.25, 0.3) is 0 Å². The van der Waals surface area contributed by atoms with Crippen molar-refractivity contribution in [3.8, 4) is 5.75 Å². The lowest BCUT2D eigenvalue weighted by Gasteiger charge is -2.08. The largest absolute Gasteiger partial charge is 0.489 e. The van der Waals surface area contributed by atoms with Gasteiger partial charge in [-0.15, -0.1) is 5.10 Å². The van der Waals surface area contributed by atoms with Crippen molar-refractivity contribution in [3.63, 3.8) is 0 Å². The third-order valence-electron chi connectivity index (χ3n) is 2.67. The SMILES string of the molecule is NC(N)=NN=Cc1ccc(OCc2ccc(F)cc2Cl)cc1. The fourth-order valence-electron chi connectivity index (χ4n) is 1.61. The highest BCUT2D eigenvalue weighted by Gasteiger charge is 2.03. The summed E-state index contributed by atoms with van der Waals surface area (Å²) in [7, 11) is 0. The van der Waals surface area contributed by atoms with E-state index in [-0.39, 0.29) is 18.4 Å². The van der Waals surface area contributed by atoms with Crippen LogP contribution in [0.2, 0.25) is 5.02 Å². The van der Waals surface area contributed by atoms with Gasteiger partial charge in [-0.1, -0.05) is 17.7 Å². The molecule has 0 bridgehead atoms. The maximum atomic E-state index is 12.9. The van der Waals surface area contributed by atoms with Crippen LogP contribution in [0.25, 0.3) is 0 Å².